The van der Waals surface area contributed by atoms with Crippen LogP contribution in [0.4, 0.5) is 0 Å². The van der Waals surface area contributed by atoms with E-state index in [4.69, 9.17) is 9.15 Å². The molecule has 0 saturated heterocycles. The van der Waals surface area contributed by atoms with Crippen LogP contribution in [-0.2, 0) is 6.54 Å². The molecular weight excluding hydrogens is 468 g/mol. The normalized spacial score (nSPS) is 11.8. The third-order valence-electron chi connectivity index (χ3n) is 5.20. The van der Waals surface area contributed by atoms with Crippen molar-refractivity contribution in [3.63, 3.8) is 0 Å². The first kappa shape index (κ1) is 24.5. The summed E-state index contributed by atoms with van der Waals surface area (Å²) in [5.74, 6) is 0.0522. The fraction of sp³-hybridized carbons (Fsp3) is 0.192. The van der Waals surface area contributed by atoms with Gasteiger partial charge >= 0.3 is 5.63 Å². The van der Waals surface area contributed by atoms with Crippen molar-refractivity contribution >= 4 is 34.2 Å². The van der Waals surface area contributed by atoms with E-state index < -0.39 is 5.63 Å². The van der Waals surface area contributed by atoms with Crippen LogP contribution in [0.25, 0.3) is 17.0 Å². The maximum atomic E-state index is 13.1. The van der Waals surface area contributed by atoms with Gasteiger partial charge in [-0.2, -0.15) is 0 Å². The molecule has 0 radical (unpaired) electrons. The highest BCUT2D eigenvalue weighted by atomic mass is 32.1. The summed E-state index contributed by atoms with van der Waals surface area (Å²) in [5.41, 5.74) is 1.26. The van der Waals surface area contributed by atoms with Crippen molar-refractivity contribution < 1.29 is 24.2 Å². The number of aromatic nitrogens is 1. The summed E-state index contributed by atoms with van der Waals surface area (Å²) >= 11 is 1.22. The van der Waals surface area contributed by atoms with E-state index >= 15 is 0 Å². The number of ether oxygens (including phenoxy) is 1. The van der Waals surface area contributed by atoms with Crippen LogP contribution in [-0.4, -0.2) is 52.2 Å². The number of Topliss-reactive ketones (excluding diaryl/α,β-unsaturated/α-hetero) is 1. The van der Waals surface area contributed by atoms with Gasteiger partial charge in [0.25, 0.3) is 5.78 Å². The van der Waals surface area contributed by atoms with E-state index in [2.05, 4.69) is 4.98 Å². The van der Waals surface area contributed by atoms with Crippen LogP contribution in [0.1, 0.15) is 20.9 Å². The molecule has 0 aliphatic carbocycles. The van der Waals surface area contributed by atoms with Crippen molar-refractivity contribution in [1.82, 2.24) is 9.88 Å². The number of aliphatic hydroxyl groups excluding tert-OH is 2. The summed E-state index contributed by atoms with van der Waals surface area (Å²) in [6, 6.07) is 15.7. The van der Waals surface area contributed by atoms with Crippen LogP contribution in [0.15, 0.2) is 81.1 Å². The molecule has 0 bridgehead atoms. The predicted octanol–water partition coefficient (Wildman–Crippen LogP) is 3.34. The quantitative estimate of drug-likeness (QED) is 0.142. The van der Waals surface area contributed by atoms with Crippen LogP contribution in [0.3, 0.4) is 0 Å². The number of aliphatic hydroxyl groups is 2. The lowest BCUT2D eigenvalue weighted by molar-refractivity contribution is 0.0988. The fourth-order valence-corrected chi connectivity index (χ4v) is 4.19. The summed E-state index contributed by atoms with van der Waals surface area (Å²) in [4.78, 5) is 31.2. The highest BCUT2D eigenvalue weighted by molar-refractivity contribution is 7.11. The average molecular weight is 493 g/mol. The van der Waals surface area contributed by atoms with Crippen molar-refractivity contribution in [2.75, 3.05) is 26.3 Å². The van der Waals surface area contributed by atoms with Crippen molar-refractivity contribution in [3.8, 4) is 5.75 Å². The molecule has 0 aliphatic heterocycles. The number of rotatable bonds is 11. The lowest BCUT2D eigenvalue weighted by Gasteiger charge is -2.20. The van der Waals surface area contributed by atoms with Gasteiger partial charge in [-0.25, -0.2) is 9.78 Å². The van der Waals surface area contributed by atoms with Gasteiger partial charge in [-0.15, -0.1) is 11.3 Å². The summed E-state index contributed by atoms with van der Waals surface area (Å²) in [6.07, 6.45) is 3.20. The SMILES string of the molecule is O=C(/C(=C/c1ccccc1)Oc1ccc2c(CN(CCO)CCO)cc(=O)oc2c1)c1nccs1. The Bertz CT molecular complexity index is 1360. The molecule has 8 nitrogen and oxygen atoms in total. The largest absolute Gasteiger partial charge is 0.453 e. The van der Waals surface area contributed by atoms with Gasteiger partial charge in [-0.05, 0) is 29.3 Å². The molecule has 180 valence electrons. The maximum absolute atomic E-state index is 13.1. The molecule has 4 aromatic rings. The number of benzene rings is 2. The minimum absolute atomic E-state index is 0.0684. The lowest BCUT2D eigenvalue weighted by Crippen LogP contribution is -2.29. The van der Waals surface area contributed by atoms with E-state index in [0.29, 0.717) is 46.9 Å². The summed E-state index contributed by atoms with van der Waals surface area (Å²) in [7, 11) is 0. The van der Waals surface area contributed by atoms with Crippen molar-refractivity contribution in [2.45, 2.75) is 6.54 Å². The second-order valence-electron chi connectivity index (χ2n) is 7.66. The molecular formula is C26H24N2O6S. The lowest BCUT2D eigenvalue weighted by atomic mass is 10.1. The van der Waals surface area contributed by atoms with Crippen molar-refractivity contribution in [2.24, 2.45) is 0 Å². The zero-order chi connectivity index (χ0) is 24.6. The van der Waals surface area contributed by atoms with Gasteiger partial charge in [-0.1, -0.05) is 30.3 Å². The number of carbonyl (C=O) groups is 1. The standard InChI is InChI=1S/C26H24N2O6S/c29-11-9-28(10-12-30)17-19-15-24(31)34-22-16-20(6-7-21(19)22)33-23(14-18-4-2-1-3-5-18)25(32)26-27-8-13-35-26/h1-8,13-16,29-30H,9-12,17H2/b23-14-. The van der Waals surface area contributed by atoms with Crippen LogP contribution in [0, 0.1) is 0 Å². The van der Waals surface area contributed by atoms with Crippen LogP contribution >= 0.6 is 11.3 Å². The van der Waals surface area contributed by atoms with Gasteiger partial charge < -0.3 is 19.4 Å². The second-order valence-corrected chi connectivity index (χ2v) is 8.55. The molecule has 4 rings (SSSR count). The molecule has 2 heterocycles. The van der Waals surface area contributed by atoms with Gasteiger partial charge in [0.2, 0.25) is 0 Å². The molecule has 0 amide bonds. The van der Waals surface area contributed by atoms with Gasteiger partial charge in [0.15, 0.2) is 10.8 Å². The molecule has 9 heteroatoms. The molecule has 2 aromatic heterocycles. The third-order valence-corrected chi connectivity index (χ3v) is 5.98. The Labute approximate surface area is 205 Å². The first-order chi connectivity index (χ1) is 17.1. The van der Waals surface area contributed by atoms with E-state index in [9.17, 15) is 19.8 Å². The number of allylic oxidation sites excluding steroid dienone is 1. The minimum Gasteiger partial charge on any atom is -0.453 e. The zero-order valence-electron chi connectivity index (χ0n) is 18.8. The minimum atomic E-state index is -0.531. The Kier molecular flexibility index (Phi) is 8.17. The molecule has 0 saturated carbocycles. The first-order valence-corrected chi connectivity index (χ1v) is 11.8. The summed E-state index contributed by atoms with van der Waals surface area (Å²) < 4.78 is 11.4. The molecule has 0 unspecified atom stereocenters. The van der Waals surface area contributed by atoms with Crippen molar-refractivity contribution in [3.05, 3.63) is 98.5 Å². The Morgan fingerprint density at radius 1 is 1.09 bits per heavy atom. The van der Waals surface area contributed by atoms with E-state index in [0.717, 1.165) is 5.56 Å². The van der Waals surface area contributed by atoms with E-state index in [1.165, 1.54) is 17.4 Å². The van der Waals surface area contributed by atoms with E-state index in [-0.39, 0.29) is 24.8 Å². The topological polar surface area (TPSA) is 113 Å². The number of hydrogen-bond acceptors (Lipinski definition) is 9. The summed E-state index contributed by atoms with van der Waals surface area (Å²) in [6.45, 7) is 0.930. The number of hydrogen-bond donors (Lipinski definition) is 2. The number of carbonyl (C=O) groups excluding carboxylic acids is 1. The Balaban J connectivity index is 1.68. The zero-order valence-corrected chi connectivity index (χ0v) is 19.6. The van der Waals surface area contributed by atoms with Gasteiger partial charge in [0.05, 0.1) is 13.2 Å². The Hall–Kier alpha value is -3.63. The second kappa shape index (κ2) is 11.7. The van der Waals surface area contributed by atoms with Crippen LogP contribution in [0.2, 0.25) is 0 Å². The Morgan fingerprint density at radius 2 is 1.86 bits per heavy atom. The molecule has 0 aliphatic rings. The van der Waals surface area contributed by atoms with Gasteiger partial charge in [0.1, 0.15) is 11.3 Å². The molecule has 0 fully saturated rings. The highest BCUT2D eigenvalue weighted by Crippen LogP contribution is 2.26. The Morgan fingerprint density at radius 3 is 2.54 bits per heavy atom. The third kappa shape index (κ3) is 6.28. The molecule has 0 atom stereocenters. The van der Waals surface area contributed by atoms with E-state index in [1.54, 1.807) is 35.9 Å². The number of fused-ring (bicyclic) bond motifs is 1. The van der Waals surface area contributed by atoms with Crippen LogP contribution < -0.4 is 10.4 Å². The van der Waals surface area contributed by atoms with Crippen LogP contribution in [0.5, 0.6) is 5.75 Å². The summed E-state index contributed by atoms with van der Waals surface area (Å²) in [5, 5.41) is 21.3. The smallest absolute Gasteiger partial charge is 0.336 e. The monoisotopic (exact) mass is 492 g/mol. The number of ketones is 1. The molecule has 2 N–H and O–H groups in total. The average Bonchev–Trinajstić information content (AvgIpc) is 3.39. The van der Waals surface area contributed by atoms with Crippen molar-refractivity contribution in [1.29, 1.82) is 0 Å². The van der Waals surface area contributed by atoms with Gasteiger partial charge in [0, 0.05) is 48.7 Å². The fourth-order valence-electron chi connectivity index (χ4n) is 3.61. The van der Waals surface area contributed by atoms with Gasteiger partial charge in [-0.3, -0.25) is 9.69 Å². The first-order valence-electron chi connectivity index (χ1n) is 11.0. The predicted molar refractivity (Wildman–Crippen MR) is 133 cm³/mol. The highest BCUT2D eigenvalue weighted by Gasteiger charge is 2.19. The maximum Gasteiger partial charge on any atom is 0.336 e. The number of thiazole rings is 1. The molecule has 2 aromatic carbocycles. The molecule has 35 heavy (non-hydrogen) atoms. The molecule has 0 spiro atoms. The number of nitrogens with zero attached hydrogens (tertiary/aromatic N) is 2. The van der Waals surface area contributed by atoms with E-state index in [1.807, 2.05) is 35.2 Å².